The van der Waals surface area contributed by atoms with Crippen molar-refractivity contribution in [2.45, 2.75) is 46.6 Å². The van der Waals surface area contributed by atoms with Crippen molar-refractivity contribution in [1.29, 1.82) is 0 Å². The number of aromatic nitrogens is 2. The van der Waals surface area contributed by atoms with Gasteiger partial charge in [-0.2, -0.15) is 5.10 Å². The highest BCUT2D eigenvalue weighted by molar-refractivity contribution is 9.10. The lowest BCUT2D eigenvalue weighted by molar-refractivity contribution is 0.336. The van der Waals surface area contributed by atoms with Gasteiger partial charge in [-0.15, -0.1) is 0 Å². The highest BCUT2D eigenvalue weighted by atomic mass is 79.9. The van der Waals surface area contributed by atoms with Crippen LogP contribution < -0.4 is 5.32 Å². The van der Waals surface area contributed by atoms with Crippen LogP contribution in [0.3, 0.4) is 0 Å². The van der Waals surface area contributed by atoms with E-state index in [2.05, 4.69) is 47.1 Å². The van der Waals surface area contributed by atoms with Gasteiger partial charge in [-0.3, -0.25) is 4.68 Å². The monoisotopic (exact) mass is 313 g/mol. The Morgan fingerprint density at radius 2 is 2.11 bits per heavy atom. The van der Waals surface area contributed by atoms with E-state index in [0.29, 0.717) is 5.41 Å². The molecular weight excluding hydrogens is 290 g/mol. The number of halogens is 1. The Labute approximate surface area is 118 Å². The second-order valence-electron chi connectivity index (χ2n) is 5.81. The number of nitrogens with zero attached hydrogens (tertiary/aromatic N) is 2. The molecular formula is C14H24BrN3. The SMILES string of the molecule is CCc1nn(C)c(CNCC2(C(C)C)CC2)c1Br. The zero-order chi connectivity index (χ0) is 13.3. The summed E-state index contributed by atoms with van der Waals surface area (Å²) in [5.74, 6) is 0.784. The third kappa shape index (κ3) is 2.64. The molecule has 2 rings (SSSR count). The summed E-state index contributed by atoms with van der Waals surface area (Å²) in [5.41, 5.74) is 2.98. The maximum Gasteiger partial charge on any atom is 0.0767 e. The van der Waals surface area contributed by atoms with E-state index in [1.54, 1.807) is 0 Å². The summed E-state index contributed by atoms with van der Waals surface area (Å²) >= 11 is 3.66. The van der Waals surface area contributed by atoms with Gasteiger partial charge in [0.15, 0.2) is 0 Å². The molecule has 1 fully saturated rings. The van der Waals surface area contributed by atoms with Crippen molar-refractivity contribution >= 4 is 15.9 Å². The molecule has 0 aromatic carbocycles. The Morgan fingerprint density at radius 3 is 2.56 bits per heavy atom. The van der Waals surface area contributed by atoms with E-state index in [4.69, 9.17) is 0 Å². The molecule has 4 heteroatoms. The third-order valence-electron chi connectivity index (χ3n) is 4.39. The molecule has 0 aliphatic heterocycles. The summed E-state index contributed by atoms with van der Waals surface area (Å²) in [6, 6.07) is 0. The molecule has 1 saturated carbocycles. The molecule has 18 heavy (non-hydrogen) atoms. The molecule has 1 aliphatic rings. The van der Waals surface area contributed by atoms with Gasteiger partial charge >= 0.3 is 0 Å². The van der Waals surface area contributed by atoms with Gasteiger partial charge in [0.25, 0.3) is 0 Å². The molecule has 0 unspecified atom stereocenters. The van der Waals surface area contributed by atoms with Crippen LogP contribution in [0.5, 0.6) is 0 Å². The number of rotatable bonds is 6. The maximum absolute atomic E-state index is 4.52. The van der Waals surface area contributed by atoms with Gasteiger partial charge in [-0.1, -0.05) is 20.8 Å². The van der Waals surface area contributed by atoms with Crippen molar-refractivity contribution < 1.29 is 0 Å². The fourth-order valence-corrected chi connectivity index (χ4v) is 3.32. The van der Waals surface area contributed by atoms with Crippen LogP contribution in [-0.4, -0.2) is 16.3 Å². The minimum atomic E-state index is 0.568. The van der Waals surface area contributed by atoms with Gasteiger partial charge in [0.2, 0.25) is 0 Å². The molecule has 0 amide bonds. The number of hydrogen-bond donors (Lipinski definition) is 1. The number of hydrogen-bond acceptors (Lipinski definition) is 2. The Kier molecular flexibility index (Phi) is 4.17. The standard InChI is InChI=1S/C14H24BrN3/c1-5-11-13(15)12(18(4)17-11)8-16-9-14(6-7-14)10(2)3/h10,16H,5-9H2,1-4H3. The molecule has 1 aromatic rings. The lowest BCUT2D eigenvalue weighted by Gasteiger charge is -2.20. The van der Waals surface area contributed by atoms with E-state index in [0.717, 1.165) is 31.1 Å². The maximum atomic E-state index is 4.52. The molecule has 0 spiro atoms. The van der Waals surface area contributed by atoms with E-state index < -0.39 is 0 Å². The Balaban J connectivity index is 1.93. The summed E-state index contributed by atoms with van der Waals surface area (Å²) in [6.07, 6.45) is 3.74. The lowest BCUT2D eigenvalue weighted by Crippen LogP contribution is -2.28. The van der Waals surface area contributed by atoms with E-state index in [-0.39, 0.29) is 0 Å². The van der Waals surface area contributed by atoms with Crippen LogP contribution in [0.2, 0.25) is 0 Å². The van der Waals surface area contributed by atoms with Crippen molar-refractivity contribution in [3.63, 3.8) is 0 Å². The van der Waals surface area contributed by atoms with Crippen LogP contribution in [-0.2, 0) is 20.0 Å². The van der Waals surface area contributed by atoms with Crippen molar-refractivity contribution in [2.24, 2.45) is 18.4 Å². The fourth-order valence-electron chi connectivity index (χ4n) is 2.56. The first-order valence-electron chi connectivity index (χ1n) is 6.91. The summed E-state index contributed by atoms with van der Waals surface area (Å²) in [6.45, 7) is 8.85. The van der Waals surface area contributed by atoms with E-state index in [1.807, 2.05) is 11.7 Å². The zero-order valence-corrected chi connectivity index (χ0v) is 13.5. The van der Waals surface area contributed by atoms with Crippen LogP contribution in [0.1, 0.15) is 45.0 Å². The molecule has 0 saturated heterocycles. The van der Waals surface area contributed by atoms with E-state index in [1.165, 1.54) is 23.0 Å². The number of nitrogens with one attached hydrogen (secondary N) is 1. The predicted octanol–water partition coefficient (Wildman–Crippen LogP) is 3.27. The van der Waals surface area contributed by atoms with Gasteiger partial charge in [0.05, 0.1) is 15.9 Å². The van der Waals surface area contributed by atoms with Crippen LogP contribution >= 0.6 is 15.9 Å². The molecule has 3 nitrogen and oxygen atoms in total. The van der Waals surface area contributed by atoms with Crippen LogP contribution in [0.25, 0.3) is 0 Å². The van der Waals surface area contributed by atoms with Crippen LogP contribution in [0.15, 0.2) is 4.47 Å². The van der Waals surface area contributed by atoms with Crippen LogP contribution in [0, 0.1) is 11.3 Å². The van der Waals surface area contributed by atoms with Crippen LogP contribution in [0.4, 0.5) is 0 Å². The van der Waals surface area contributed by atoms with E-state index >= 15 is 0 Å². The van der Waals surface area contributed by atoms with Crippen molar-refractivity contribution in [3.05, 3.63) is 15.9 Å². The van der Waals surface area contributed by atoms with Gasteiger partial charge in [0, 0.05) is 20.1 Å². The number of aryl methyl sites for hydroxylation is 2. The molecule has 0 atom stereocenters. The molecule has 1 aromatic heterocycles. The molecule has 0 bridgehead atoms. The van der Waals surface area contributed by atoms with E-state index in [9.17, 15) is 0 Å². The van der Waals surface area contributed by atoms with Crippen molar-refractivity contribution in [3.8, 4) is 0 Å². The highest BCUT2D eigenvalue weighted by Gasteiger charge is 2.44. The summed E-state index contributed by atoms with van der Waals surface area (Å²) in [7, 11) is 2.02. The minimum Gasteiger partial charge on any atom is -0.311 e. The summed E-state index contributed by atoms with van der Waals surface area (Å²) in [5, 5.41) is 8.14. The van der Waals surface area contributed by atoms with Gasteiger partial charge in [-0.05, 0) is 46.5 Å². The molecule has 0 radical (unpaired) electrons. The second-order valence-corrected chi connectivity index (χ2v) is 6.60. The third-order valence-corrected chi connectivity index (χ3v) is 5.30. The quantitative estimate of drug-likeness (QED) is 0.873. The minimum absolute atomic E-state index is 0.568. The predicted molar refractivity (Wildman–Crippen MR) is 78.5 cm³/mol. The molecule has 1 aliphatic carbocycles. The topological polar surface area (TPSA) is 29.9 Å². The average molecular weight is 314 g/mol. The Bertz CT molecular complexity index is 419. The first-order chi connectivity index (χ1) is 8.50. The summed E-state index contributed by atoms with van der Waals surface area (Å²) < 4.78 is 3.17. The smallest absolute Gasteiger partial charge is 0.0767 e. The molecule has 102 valence electrons. The van der Waals surface area contributed by atoms with Crippen molar-refractivity contribution in [2.75, 3.05) is 6.54 Å². The average Bonchev–Trinajstić information content (AvgIpc) is 3.06. The molecule has 1 N–H and O–H groups in total. The zero-order valence-electron chi connectivity index (χ0n) is 11.9. The lowest BCUT2D eigenvalue weighted by atomic mass is 9.92. The molecule has 1 heterocycles. The Morgan fingerprint density at radius 1 is 1.44 bits per heavy atom. The van der Waals surface area contributed by atoms with Crippen molar-refractivity contribution in [1.82, 2.24) is 15.1 Å². The summed E-state index contributed by atoms with van der Waals surface area (Å²) in [4.78, 5) is 0. The first kappa shape index (κ1) is 14.1. The highest BCUT2D eigenvalue weighted by Crippen LogP contribution is 2.51. The fraction of sp³-hybridized carbons (Fsp3) is 0.786. The van der Waals surface area contributed by atoms with Gasteiger partial charge in [-0.25, -0.2) is 0 Å². The van der Waals surface area contributed by atoms with Gasteiger partial charge in [0.1, 0.15) is 0 Å². The Hall–Kier alpha value is -0.350. The van der Waals surface area contributed by atoms with Gasteiger partial charge < -0.3 is 5.32 Å². The first-order valence-corrected chi connectivity index (χ1v) is 7.70. The largest absolute Gasteiger partial charge is 0.311 e. The normalized spacial score (nSPS) is 17.4. The second kappa shape index (κ2) is 5.33.